The van der Waals surface area contributed by atoms with Crippen LogP contribution in [0.15, 0.2) is 138 Å². The maximum atomic E-state index is 11.8. The topological polar surface area (TPSA) is 64.1 Å². The molecule has 0 spiro atoms. The van der Waals surface area contributed by atoms with Crippen LogP contribution in [0.3, 0.4) is 0 Å². The fraction of sp³-hybridized carbons (Fsp3) is 0.208. The van der Waals surface area contributed by atoms with Crippen LogP contribution in [0.1, 0.15) is 68.2 Å². The zero-order chi connectivity index (χ0) is 49.3. The second-order valence-corrected chi connectivity index (χ2v) is 21.6. The summed E-state index contributed by atoms with van der Waals surface area (Å²) in [6, 6.07) is 41.4. The minimum atomic E-state index is -2.47. The third-order valence-corrected chi connectivity index (χ3v) is 12.5. The van der Waals surface area contributed by atoms with Gasteiger partial charge in [-0.25, -0.2) is 0 Å². The van der Waals surface area contributed by atoms with Crippen molar-refractivity contribution in [3.05, 3.63) is 168 Å². The molecule has 0 unspecified atom stereocenters. The van der Waals surface area contributed by atoms with Gasteiger partial charge in [0.2, 0.25) is 0 Å². The number of furan rings is 1. The van der Waals surface area contributed by atoms with Crippen molar-refractivity contribution in [3.8, 4) is 39.5 Å². The number of aromatic nitrogens is 3. The molecule has 6 aromatic carbocycles. The van der Waals surface area contributed by atoms with E-state index in [1.165, 1.54) is 11.3 Å². The number of aryl methyl sites for hydroxylation is 1. The summed E-state index contributed by atoms with van der Waals surface area (Å²) in [6.45, 7) is 9.15. The van der Waals surface area contributed by atoms with Crippen LogP contribution in [-0.2, 0) is 25.7 Å². The third-order valence-electron chi connectivity index (χ3n) is 10.4. The molecule has 0 saturated carbocycles. The first kappa shape index (κ1) is 32.4. The predicted molar refractivity (Wildman–Crippen MR) is 248 cm³/mol. The molecule has 0 atom stereocenters. The Morgan fingerprint density at radius 2 is 1.62 bits per heavy atom. The monoisotopic (exact) mass is 991 g/mol. The first-order chi connectivity index (χ1) is 31.7. The Labute approximate surface area is 381 Å². The normalized spacial score (nSPS) is 14.6. The van der Waals surface area contributed by atoms with Gasteiger partial charge in [0.05, 0.1) is 36.1 Å². The Hall–Kier alpha value is -5.43. The fourth-order valence-corrected chi connectivity index (χ4v) is 8.36. The van der Waals surface area contributed by atoms with Crippen LogP contribution in [-0.4, -0.2) is 27.7 Å². The van der Waals surface area contributed by atoms with E-state index < -0.39 is 33.3 Å². The van der Waals surface area contributed by atoms with Gasteiger partial charge in [-0.2, -0.15) is 0 Å². The number of aliphatic hydroxyl groups is 1. The van der Waals surface area contributed by atoms with Gasteiger partial charge in [0.1, 0.15) is 5.58 Å². The summed E-state index contributed by atoms with van der Waals surface area (Å²) >= 11 is 0. The molecule has 0 aliphatic rings. The molecule has 1 N–H and O–H groups in total. The molecule has 3 aromatic heterocycles. The van der Waals surface area contributed by atoms with Crippen molar-refractivity contribution in [2.75, 3.05) is 0 Å². The van der Waals surface area contributed by atoms with Crippen molar-refractivity contribution in [2.24, 2.45) is 0 Å². The zero-order valence-corrected chi connectivity index (χ0v) is 38.0. The number of para-hydroxylation sites is 2. The first-order valence-electron chi connectivity index (χ1n) is 24.0. The standard InChI is InChI=1S/C38H33N2O2.C15H18NSi.Ir/c1-23(2)30-21-26(25-12-7-6-8-13-25)22-31(38(4,5)41)35(30)40-33-17-10-9-16-32(33)39-37(40)29-15-11-14-28-27-19-18-24(3)20-34(27)42-36(28)29;1-12-5-7-13(8-6-12)15-10-9-14(11-16-15)17(2,3)4;/h6-14,16-23,41H,1-5H3;5-7,9-11H,1-4H3;/q2*-1;/i3D3,23D;1D3,5D,6D;. The van der Waals surface area contributed by atoms with Crippen molar-refractivity contribution in [1.82, 2.24) is 14.5 Å². The van der Waals surface area contributed by atoms with Gasteiger partial charge < -0.3 is 19.1 Å². The van der Waals surface area contributed by atoms with Crippen molar-refractivity contribution < 1.29 is 42.0 Å². The Kier molecular flexibility index (Phi) is 9.12. The van der Waals surface area contributed by atoms with E-state index in [0.717, 1.165) is 38.5 Å². The van der Waals surface area contributed by atoms with Gasteiger partial charge in [0.25, 0.3) is 0 Å². The molecule has 3 heterocycles. The first-order valence-corrected chi connectivity index (χ1v) is 23.0. The van der Waals surface area contributed by atoms with E-state index >= 15 is 0 Å². The number of fused-ring (bicyclic) bond motifs is 4. The molecule has 60 heavy (non-hydrogen) atoms. The molecule has 1 radical (unpaired) electrons. The summed E-state index contributed by atoms with van der Waals surface area (Å²) in [5.74, 6) is -0.533. The van der Waals surface area contributed by atoms with Gasteiger partial charge >= 0.3 is 0 Å². The van der Waals surface area contributed by atoms with E-state index in [9.17, 15) is 6.48 Å². The Balaban J connectivity index is 0.000000258. The third kappa shape index (κ3) is 8.46. The molecule has 0 saturated heterocycles. The zero-order valence-electron chi connectivity index (χ0n) is 43.6. The molecule has 0 fully saturated rings. The number of benzene rings is 6. The van der Waals surface area contributed by atoms with Gasteiger partial charge in [0.15, 0.2) is 0 Å². The minimum absolute atomic E-state index is 0. The number of hydrogen-bond donors (Lipinski definition) is 1. The summed E-state index contributed by atoms with van der Waals surface area (Å²) in [4.78, 5) is 9.49. The van der Waals surface area contributed by atoms with Crippen molar-refractivity contribution >= 4 is 46.2 Å². The van der Waals surface area contributed by atoms with Crippen LogP contribution in [0.4, 0.5) is 0 Å². The molecule has 305 valence electrons. The number of imidazole rings is 1. The molecular formula is C53H51IrN3O2Si-2. The quantitative estimate of drug-likeness (QED) is 0.128. The second kappa shape index (κ2) is 16.9. The van der Waals surface area contributed by atoms with E-state index in [0.29, 0.717) is 45.1 Å². The van der Waals surface area contributed by atoms with E-state index in [1.54, 1.807) is 32.0 Å². The maximum Gasteiger partial charge on any atom is 0.121 e. The van der Waals surface area contributed by atoms with Crippen LogP contribution < -0.4 is 5.19 Å². The summed E-state index contributed by atoms with van der Waals surface area (Å²) in [6.07, 6.45) is 1.82. The van der Waals surface area contributed by atoms with Gasteiger partial charge in [-0.05, 0) is 90.1 Å². The Morgan fingerprint density at radius 3 is 2.30 bits per heavy atom. The van der Waals surface area contributed by atoms with Gasteiger partial charge in [-0.1, -0.05) is 118 Å². The molecule has 0 bridgehead atoms. The van der Waals surface area contributed by atoms with Gasteiger partial charge in [0, 0.05) is 55.3 Å². The van der Waals surface area contributed by atoms with Crippen LogP contribution in [0.5, 0.6) is 0 Å². The average molecular weight is 991 g/mol. The molecular weight excluding hydrogens is 931 g/mol. The number of pyridine rings is 1. The van der Waals surface area contributed by atoms with E-state index in [-0.39, 0.29) is 43.3 Å². The molecule has 0 aliphatic heterocycles. The molecule has 7 heteroatoms. The van der Waals surface area contributed by atoms with Crippen LogP contribution in [0, 0.1) is 25.8 Å². The Morgan fingerprint density at radius 1 is 0.850 bits per heavy atom. The van der Waals surface area contributed by atoms with Crippen LogP contribution >= 0.6 is 0 Å². The van der Waals surface area contributed by atoms with E-state index in [1.807, 2.05) is 116 Å². The number of rotatable bonds is 7. The summed E-state index contributed by atoms with van der Waals surface area (Å²) < 4.78 is 79.3. The summed E-state index contributed by atoms with van der Waals surface area (Å²) in [5, 5.41) is 14.6. The maximum absolute atomic E-state index is 11.8. The van der Waals surface area contributed by atoms with Crippen LogP contribution in [0.2, 0.25) is 19.6 Å². The number of nitrogens with zero attached hydrogens (tertiary/aromatic N) is 3. The van der Waals surface area contributed by atoms with E-state index in [4.69, 9.17) is 20.4 Å². The predicted octanol–water partition coefficient (Wildman–Crippen LogP) is 13.1. The molecule has 5 nitrogen and oxygen atoms in total. The summed E-state index contributed by atoms with van der Waals surface area (Å²) in [7, 11) is -1.43. The smallest absolute Gasteiger partial charge is 0.121 e. The largest absolute Gasteiger partial charge is 0.501 e. The van der Waals surface area contributed by atoms with E-state index in [2.05, 4.69) is 36.8 Å². The number of hydrogen-bond acceptors (Lipinski definition) is 4. The van der Waals surface area contributed by atoms with Crippen LogP contribution in [0.25, 0.3) is 72.4 Å². The molecule has 0 aliphatic carbocycles. The molecule has 9 aromatic rings. The minimum Gasteiger partial charge on any atom is -0.501 e. The molecule has 0 amide bonds. The summed E-state index contributed by atoms with van der Waals surface area (Å²) in [5.41, 5.74) is 6.73. The van der Waals surface area contributed by atoms with Crippen molar-refractivity contribution in [1.29, 1.82) is 0 Å². The van der Waals surface area contributed by atoms with Crippen molar-refractivity contribution in [3.63, 3.8) is 0 Å². The SMILES string of the molecule is [2H]C([2H])([2H])c1ccc2c(c1)oc1c(-c3nc4ccccc4n3-c3c(C([2H])(C)C)cc(-c4ccccc4)cc3C(C)(C)O)[c-]ccc12.[2H]c1[c-]c(-c2ccc([Si](C)(C)C)cn2)cc([2H])c1C([2H])([2H])[2H].[Ir]. The fourth-order valence-electron chi connectivity index (χ4n) is 7.33. The van der Waals surface area contributed by atoms with Gasteiger partial charge in [-0.15, -0.1) is 53.5 Å². The Bertz CT molecular complexity index is 3290. The van der Waals surface area contributed by atoms with Gasteiger partial charge in [-0.3, -0.25) is 4.98 Å². The van der Waals surface area contributed by atoms with Crippen molar-refractivity contribution in [2.45, 2.75) is 72.5 Å². The molecule has 9 rings (SSSR count). The second-order valence-electron chi connectivity index (χ2n) is 16.5. The average Bonchev–Trinajstić information content (AvgIpc) is 3.83.